The lowest BCUT2D eigenvalue weighted by atomic mass is 10.1. The van der Waals surface area contributed by atoms with Crippen molar-refractivity contribution in [3.8, 4) is 11.5 Å². The summed E-state index contributed by atoms with van der Waals surface area (Å²) in [4.78, 5) is 0. The minimum atomic E-state index is 0.108. The van der Waals surface area contributed by atoms with Crippen LogP contribution in [0.25, 0.3) is 0 Å². The minimum Gasteiger partial charge on any atom is -0.493 e. The van der Waals surface area contributed by atoms with Crippen molar-refractivity contribution in [2.45, 2.75) is 32.7 Å². The van der Waals surface area contributed by atoms with E-state index in [2.05, 4.69) is 24.5 Å². The van der Waals surface area contributed by atoms with Gasteiger partial charge in [0.15, 0.2) is 16.6 Å². The van der Waals surface area contributed by atoms with E-state index in [-0.39, 0.29) is 6.04 Å². The molecule has 20 heavy (non-hydrogen) atoms. The van der Waals surface area contributed by atoms with Gasteiger partial charge in [-0.05, 0) is 43.3 Å². The van der Waals surface area contributed by atoms with Crippen molar-refractivity contribution in [3.63, 3.8) is 0 Å². The van der Waals surface area contributed by atoms with Crippen LogP contribution in [0.3, 0.4) is 0 Å². The molecule has 0 aliphatic rings. The molecule has 1 atom stereocenters. The molecule has 0 radical (unpaired) electrons. The zero-order valence-corrected chi connectivity index (χ0v) is 13.5. The maximum atomic E-state index is 5.31. The fourth-order valence-electron chi connectivity index (χ4n) is 1.83. The lowest BCUT2D eigenvalue weighted by molar-refractivity contribution is 0.354. The Morgan fingerprint density at radius 1 is 1.25 bits per heavy atom. The average molecular weight is 296 g/mol. The first-order valence-corrected chi connectivity index (χ1v) is 7.29. The van der Waals surface area contributed by atoms with Crippen LogP contribution in [-0.2, 0) is 0 Å². The van der Waals surface area contributed by atoms with Crippen LogP contribution in [0.5, 0.6) is 11.5 Å². The highest BCUT2D eigenvalue weighted by Gasteiger charge is 2.10. The van der Waals surface area contributed by atoms with Gasteiger partial charge in [0.2, 0.25) is 0 Å². The van der Waals surface area contributed by atoms with Crippen LogP contribution in [-0.4, -0.2) is 25.9 Å². The van der Waals surface area contributed by atoms with Gasteiger partial charge >= 0.3 is 0 Å². The van der Waals surface area contributed by atoms with E-state index < -0.39 is 0 Å². The summed E-state index contributed by atoms with van der Waals surface area (Å²) in [6.07, 6.45) is 2.27. The van der Waals surface area contributed by atoms with Gasteiger partial charge in [-0.25, -0.2) is 0 Å². The van der Waals surface area contributed by atoms with Crippen LogP contribution >= 0.6 is 12.2 Å². The highest BCUT2D eigenvalue weighted by atomic mass is 32.1. The average Bonchev–Trinajstić information content (AvgIpc) is 2.46. The Balaban J connectivity index is 2.63. The molecule has 0 spiro atoms. The normalized spacial score (nSPS) is 11.6. The van der Waals surface area contributed by atoms with Crippen molar-refractivity contribution >= 4 is 17.3 Å². The van der Waals surface area contributed by atoms with Gasteiger partial charge in [0, 0.05) is 6.54 Å². The number of hydrogen-bond donors (Lipinski definition) is 2. The molecule has 1 unspecified atom stereocenters. The summed E-state index contributed by atoms with van der Waals surface area (Å²) in [5.41, 5.74) is 1.10. The first kappa shape index (κ1) is 16.6. The zero-order chi connectivity index (χ0) is 15.0. The first-order valence-electron chi connectivity index (χ1n) is 6.88. The number of rotatable bonds is 7. The second-order valence-electron chi connectivity index (χ2n) is 4.59. The van der Waals surface area contributed by atoms with Crippen molar-refractivity contribution in [2.24, 2.45) is 0 Å². The number of benzene rings is 1. The van der Waals surface area contributed by atoms with E-state index in [4.69, 9.17) is 21.7 Å². The molecular formula is C15H24N2O2S. The van der Waals surface area contributed by atoms with Gasteiger partial charge in [-0.2, -0.15) is 0 Å². The molecule has 1 aromatic rings. The van der Waals surface area contributed by atoms with Crippen LogP contribution in [0.15, 0.2) is 18.2 Å². The number of hydrogen-bond acceptors (Lipinski definition) is 3. The summed E-state index contributed by atoms with van der Waals surface area (Å²) in [6.45, 7) is 5.13. The second kappa shape index (κ2) is 8.64. The van der Waals surface area contributed by atoms with Crippen LogP contribution in [0.2, 0.25) is 0 Å². The SMILES string of the molecule is CCCCNC(=S)NC(C)c1ccc(OC)c(OC)c1. The summed E-state index contributed by atoms with van der Waals surface area (Å²) in [5.74, 6) is 1.45. The Hall–Kier alpha value is -1.49. The zero-order valence-electron chi connectivity index (χ0n) is 12.7. The molecule has 1 aromatic carbocycles. The standard InChI is InChI=1S/C15H24N2O2S/c1-5-6-9-16-15(20)17-11(2)12-7-8-13(18-3)14(10-12)19-4/h7-8,10-11H,5-6,9H2,1-4H3,(H2,16,17,20). The monoisotopic (exact) mass is 296 g/mol. The lowest BCUT2D eigenvalue weighted by Crippen LogP contribution is -2.37. The predicted molar refractivity (Wildman–Crippen MR) is 86.6 cm³/mol. The Morgan fingerprint density at radius 3 is 2.55 bits per heavy atom. The third-order valence-electron chi connectivity index (χ3n) is 3.07. The highest BCUT2D eigenvalue weighted by molar-refractivity contribution is 7.80. The van der Waals surface area contributed by atoms with Gasteiger partial charge in [0.1, 0.15) is 0 Å². The van der Waals surface area contributed by atoms with Gasteiger partial charge in [0.05, 0.1) is 20.3 Å². The molecule has 0 aromatic heterocycles. The quantitative estimate of drug-likeness (QED) is 0.598. The molecule has 0 saturated carbocycles. The van der Waals surface area contributed by atoms with Crippen molar-refractivity contribution in [3.05, 3.63) is 23.8 Å². The van der Waals surface area contributed by atoms with Gasteiger partial charge in [-0.1, -0.05) is 19.4 Å². The largest absolute Gasteiger partial charge is 0.493 e. The molecule has 1 rings (SSSR count). The minimum absolute atomic E-state index is 0.108. The molecule has 0 saturated heterocycles. The molecule has 5 heteroatoms. The van der Waals surface area contributed by atoms with Gasteiger partial charge in [-0.15, -0.1) is 0 Å². The van der Waals surface area contributed by atoms with E-state index in [0.29, 0.717) is 5.11 Å². The van der Waals surface area contributed by atoms with Crippen molar-refractivity contribution < 1.29 is 9.47 Å². The van der Waals surface area contributed by atoms with E-state index in [0.717, 1.165) is 36.4 Å². The van der Waals surface area contributed by atoms with Gasteiger partial charge in [0.25, 0.3) is 0 Å². The molecule has 2 N–H and O–H groups in total. The summed E-state index contributed by atoms with van der Waals surface area (Å²) >= 11 is 5.28. The molecule has 4 nitrogen and oxygen atoms in total. The van der Waals surface area contributed by atoms with E-state index in [1.54, 1.807) is 14.2 Å². The molecule has 0 amide bonds. The number of nitrogens with one attached hydrogen (secondary N) is 2. The van der Waals surface area contributed by atoms with Crippen LogP contribution in [0, 0.1) is 0 Å². The molecule has 0 fully saturated rings. The highest BCUT2D eigenvalue weighted by Crippen LogP contribution is 2.29. The number of unbranched alkanes of at least 4 members (excludes halogenated alkanes) is 1. The molecular weight excluding hydrogens is 272 g/mol. The Kier molecular flexibility index (Phi) is 7.15. The van der Waals surface area contributed by atoms with Crippen molar-refractivity contribution in [1.82, 2.24) is 10.6 Å². The van der Waals surface area contributed by atoms with Crippen LogP contribution in [0.4, 0.5) is 0 Å². The maximum Gasteiger partial charge on any atom is 0.166 e. The Morgan fingerprint density at radius 2 is 1.95 bits per heavy atom. The van der Waals surface area contributed by atoms with E-state index in [9.17, 15) is 0 Å². The van der Waals surface area contributed by atoms with Crippen LogP contribution in [0.1, 0.15) is 38.3 Å². The van der Waals surface area contributed by atoms with Crippen molar-refractivity contribution in [2.75, 3.05) is 20.8 Å². The number of methoxy groups -OCH3 is 2. The van der Waals surface area contributed by atoms with Gasteiger partial charge in [-0.3, -0.25) is 0 Å². The Labute approximate surface area is 126 Å². The summed E-state index contributed by atoms with van der Waals surface area (Å²) in [7, 11) is 3.27. The smallest absolute Gasteiger partial charge is 0.166 e. The number of thiocarbonyl (C=S) groups is 1. The third kappa shape index (κ3) is 4.89. The van der Waals surface area contributed by atoms with E-state index >= 15 is 0 Å². The van der Waals surface area contributed by atoms with Crippen molar-refractivity contribution in [1.29, 1.82) is 0 Å². The maximum absolute atomic E-state index is 5.31. The molecule has 112 valence electrons. The summed E-state index contributed by atoms with van der Waals surface area (Å²) in [6, 6.07) is 5.98. The number of ether oxygens (including phenoxy) is 2. The first-order chi connectivity index (χ1) is 9.62. The summed E-state index contributed by atoms with van der Waals surface area (Å²) < 4.78 is 10.5. The molecule has 0 aliphatic heterocycles. The molecule has 0 aliphatic carbocycles. The predicted octanol–water partition coefficient (Wildman–Crippen LogP) is 3.03. The molecule has 0 heterocycles. The topological polar surface area (TPSA) is 42.5 Å². The lowest BCUT2D eigenvalue weighted by Gasteiger charge is -2.18. The second-order valence-corrected chi connectivity index (χ2v) is 5.00. The van der Waals surface area contributed by atoms with Crippen LogP contribution < -0.4 is 20.1 Å². The Bertz CT molecular complexity index is 438. The van der Waals surface area contributed by atoms with E-state index in [1.807, 2.05) is 18.2 Å². The fourth-order valence-corrected chi connectivity index (χ4v) is 2.11. The summed E-state index contributed by atoms with van der Waals surface area (Å²) in [5, 5.41) is 7.15. The third-order valence-corrected chi connectivity index (χ3v) is 3.33. The molecule has 0 bridgehead atoms. The van der Waals surface area contributed by atoms with Gasteiger partial charge < -0.3 is 20.1 Å². The van der Waals surface area contributed by atoms with E-state index in [1.165, 1.54) is 0 Å². The fraction of sp³-hybridized carbons (Fsp3) is 0.533.